The summed E-state index contributed by atoms with van der Waals surface area (Å²) >= 11 is 0. The van der Waals surface area contributed by atoms with Crippen LogP contribution in [0.4, 0.5) is 0 Å². The van der Waals surface area contributed by atoms with Crippen LogP contribution in [0.5, 0.6) is 0 Å². The molecule has 4 heteroatoms. The predicted molar refractivity (Wildman–Crippen MR) is 81.1 cm³/mol. The Morgan fingerprint density at radius 1 is 1.29 bits per heavy atom. The third-order valence-electron chi connectivity index (χ3n) is 4.32. The summed E-state index contributed by atoms with van der Waals surface area (Å²) < 4.78 is 0. The lowest BCUT2D eigenvalue weighted by Gasteiger charge is -2.27. The van der Waals surface area contributed by atoms with Gasteiger partial charge < -0.3 is 10.0 Å². The highest BCUT2D eigenvalue weighted by atomic mass is 16.4. The van der Waals surface area contributed by atoms with E-state index in [-0.39, 0.29) is 11.3 Å². The fraction of sp³-hybridized carbons (Fsp3) is 0.529. The fourth-order valence-electron chi connectivity index (χ4n) is 2.79. The highest BCUT2D eigenvalue weighted by Crippen LogP contribution is 2.29. The zero-order valence-corrected chi connectivity index (χ0v) is 12.9. The maximum absolute atomic E-state index is 12.4. The van der Waals surface area contributed by atoms with Crippen molar-refractivity contribution in [1.29, 1.82) is 0 Å². The number of hydrogen-bond acceptors (Lipinski definition) is 2. The Morgan fingerprint density at radius 3 is 2.43 bits per heavy atom. The van der Waals surface area contributed by atoms with Gasteiger partial charge in [0.1, 0.15) is 0 Å². The van der Waals surface area contributed by atoms with Crippen molar-refractivity contribution in [1.82, 2.24) is 4.90 Å². The quantitative estimate of drug-likeness (QED) is 0.927. The van der Waals surface area contributed by atoms with E-state index < -0.39 is 11.9 Å². The minimum Gasteiger partial charge on any atom is -0.481 e. The van der Waals surface area contributed by atoms with Crippen LogP contribution in [0, 0.1) is 12.8 Å². The van der Waals surface area contributed by atoms with Gasteiger partial charge in [-0.1, -0.05) is 43.7 Å². The molecule has 0 unspecified atom stereocenters. The molecule has 0 radical (unpaired) electrons. The number of hydrogen-bond donors (Lipinski definition) is 1. The van der Waals surface area contributed by atoms with Crippen LogP contribution in [-0.4, -0.2) is 35.0 Å². The molecule has 0 aromatic heterocycles. The summed E-state index contributed by atoms with van der Waals surface area (Å²) in [6.45, 7) is 7.05. The molecule has 0 saturated carbocycles. The van der Waals surface area contributed by atoms with Gasteiger partial charge in [-0.2, -0.15) is 0 Å². The molecule has 0 spiro atoms. The maximum atomic E-state index is 12.4. The van der Waals surface area contributed by atoms with E-state index in [1.165, 1.54) is 5.56 Å². The van der Waals surface area contributed by atoms with Crippen molar-refractivity contribution in [2.24, 2.45) is 5.92 Å². The van der Waals surface area contributed by atoms with E-state index in [0.29, 0.717) is 25.9 Å². The van der Waals surface area contributed by atoms with Crippen LogP contribution >= 0.6 is 0 Å². The first kappa shape index (κ1) is 15.5. The first-order valence-corrected chi connectivity index (χ1v) is 7.37. The zero-order chi connectivity index (χ0) is 15.6. The van der Waals surface area contributed by atoms with Gasteiger partial charge in [-0.25, -0.2) is 0 Å². The molecule has 1 aliphatic heterocycles. The van der Waals surface area contributed by atoms with E-state index in [0.717, 1.165) is 5.56 Å². The number of carbonyl (C=O) groups is 2. The van der Waals surface area contributed by atoms with Crippen molar-refractivity contribution in [2.45, 2.75) is 39.0 Å². The van der Waals surface area contributed by atoms with Gasteiger partial charge in [-0.3, -0.25) is 9.59 Å². The average Bonchev–Trinajstić information content (AvgIpc) is 2.88. The molecule has 1 aromatic carbocycles. The predicted octanol–water partition coefficient (Wildman–Crippen LogP) is 2.60. The molecule has 4 nitrogen and oxygen atoms in total. The molecule has 1 aliphatic rings. The molecule has 1 saturated heterocycles. The smallest absolute Gasteiger partial charge is 0.308 e. The molecule has 1 aromatic rings. The summed E-state index contributed by atoms with van der Waals surface area (Å²) in [4.78, 5) is 25.1. The average molecular weight is 289 g/mol. The molecular formula is C17H23NO3. The van der Waals surface area contributed by atoms with E-state index >= 15 is 0 Å². The minimum atomic E-state index is -0.803. The van der Waals surface area contributed by atoms with E-state index in [4.69, 9.17) is 5.11 Å². The van der Waals surface area contributed by atoms with Crippen LogP contribution in [0.1, 0.15) is 37.8 Å². The third kappa shape index (κ3) is 3.63. The van der Waals surface area contributed by atoms with E-state index in [1.54, 1.807) is 4.90 Å². The van der Waals surface area contributed by atoms with Crippen molar-refractivity contribution in [2.75, 3.05) is 13.1 Å². The molecule has 0 aliphatic carbocycles. The lowest BCUT2D eigenvalue weighted by Crippen LogP contribution is -2.34. The van der Waals surface area contributed by atoms with Crippen LogP contribution in [-0.2, 0) is 15.0 Å². The number of aryl methyl sites for hydroxylation is 1. The second-order valence-corrected chi connectivity index (χ2v) is 6.59. The van der Waals surface area contributed by atoms with Gasteiger partial charge in [0, 0.05) is 19.5 Å². The Morgan fingerprint density at radius 2 is 1.90 bits per heavy atom. The number of aliphatic carboxylic acids is 1. The SMILES string of the molecule is Cc1ccc(C(C)(C)CC(=O)N2CC[C@@H](C(=O)O)C2)cc1. The summed E-state index contributed by atoms with van der Waals surface area (Å²) in [5.74, 6) is -1.16. The molecule has 1 atom stereocenters. The molecule has 1 N–H and O–H groups in total. The zero-order valence-electron chi connectivity index (χ0n) is 12.9. The Kier molecular flexibility index (Phi) is 4.35. The molecule has 0 bridgehead atoms. The van der Waals surface area contributed by atoms with Gasteiger partial charge in [-0.15, -0.1) is 0 Å². The van der Waals surface area contributed by atoms with Gasteiger partial charge in [0.25, 0.3) is 0 Å². The highest BCUT2D eigenvalue weighted by Gasteiger charge is 2.33. The molecule has 1 fully saturated rings. The van der Waals surface area contributed by atoms with Crippen LogP contribution in [0.3, 0.4) is 0 Å². The standard InChI is InChI=1S/C17H23NO3/c1-12-4-6-14(7-5-12)17(2,3)10-15(19)18-9-8-13(11-18)16(20)21/h4-7,13H,8-11H2,1-3H3,(H,20,21)/t13-/m1/s1. The van der Waals surface area contributed by atoms with Crippen molar-refractivity contribution in [3.8, 4) is 0 Å². The summed E-state index contributed by atoms with van der Waals surface area (Å²) in [6.07, 6.45) is 0.967. The second-order valence-electron chi connectivity index (χ2n) is 6.59. The van der Waals surface area contributed by atoms with E-state index in [2.05, 4.69) is 38.1 Å². The van der Waals surface area contributed by atoms with Gasteiger partial charge in [-0.05, 0) is 24.3 Å². The second kappa shape index (κ2) is 5.88. The number of benzene rings is 1. The van der Waals surface area contributed by atoms with Crippen molar-refractivity contribution >= 4 is 11.9 Å². The Balaban J connectivity index is 2.01. The summed E-state index contributed by atoms with van der Waals surface area (Å²) in [6, 6.07) is 8.23. The van der Waals surface area contributed by atoms with E-state index in [9.17, 15) is 9.59 Å². The first-order valence-electron chi connectivity index (χ1n) is 7.37. The minimum absolute atomic E-state index is 0.0457. The lowest BCUT2D eigenvalue weighted by atomic mass is 9.81. The van der Waals surface area contributed by atoms with Crippen LogP contribution in [0.15, 0.2) is 24.3 Å². The molecule has 1 heterocycles. The number of nitrogens with zero attached hydrogens (tertiary/aromatic N) is 1. The summed E-state index contributed by atoms with van der Waals surface area (Å²) in [7, 11) is 0. The molecule has 2 rings (SSSR count). The summed E-state index contributed by atoms with van der Waals surface area (Å²) in [5, 5.41) is 9.01. The monoisotopic (exact) mass is 289 g/mol. The van der Waals surface area contributed by atoms with Crippen molar-refractivity contribution in [3.05, 3.63) is 35.4 Å². The van der Waals surface area contributed by atoms with Crippen LogP contribution < -0.4 is 0 Å². The molecular weight excluding hydrogens is 266 g/mol. The first-order chi connectivity index (χ1) is 9.79. The maximum Gasteiger partial charge on any atom is 0.308 e. The van der Waals surface area contributed by atoms with Gasteiger partial charge in [0.2, 0.25) is 5.91 Å². The molecule has 1 amide bonds. The Labute approximate surface area is 125 Å². The highest BCUT2D eigenvalue weighted by molar-refractivity contribution is 5.80. The number of likely N-dealkylation sites (tertiary alicyclic amines) is 1. The van der Waals surface area contributed by atoms with E-state index in [1.807, 2.05) is 6.92 Å². The van der Waals surface area contributed by atoms with Crippen LogP contribution in [0.25, 0.3) is 0 Å². The van der Waals surface area contributed by atoms with Gasteiger partial charge >= 0.3 is 5.97 Å². The van der Waals surface area contributed by atoms with Crippen LogP contribution in [0.2, 0.25) is 0 Å². The Hall–Kier alpha value is -1.84. The number of carboxylic acid groups (broad SMARTS) is 1. The largest absolute Gasteiger partial charge is 0.481 e. The van der Waals surface area contributed by atoms with Crippen molar-refractivity contribution < 1.29 is 14.7 Å². The fourth-order valence-corrected chi connectivity index (χ4v) is 2.79. The number of carboxylic acids is 1. The number of amides is 1. The normalized spacial score (nSPS) is 18.8. The number of carbonyl (C=O) groups excluding carboxylic acids is 1. The molecule has 114 valence electrons. The lowest BCUT2D eigenvalue weighted by molar-refractivity contribution is -0.141. The van der Waals surface area contributed by atoms with Gasteiger partial charge in [0.05, 0.1) is 5.92 Å². The van der Waals surface area contributed by atoms with Gasteiger partial charge in [0.15, 0.2) is 0 Å². The summed E-state index contributed by atoms with van der Waals surface area (Å²) in [5.41, 5.74) is 2.09. The topological polar surface area (TPSA) is 57.6 Å². The van der Waals surface area contributed by atoms with Crippen molar-refractivity contribution in [3.63, 3.8) is 0 Å². The Bertz CT molecular complexity index is 533. The number of rotatable bonds is 4. The molecule has 21 heavy (non-hydrogen) atoms. The third-order valence-corrected chi connectivity index (χ3v) is 4.32.